The van der Waals surface area contributed by atoms with Gasteiger partial charge in [0.2, 0.25) is 5.91 Å². The van der Waals surface area contributed by atoms with Crippen LogP contribution in [-0.4, -0.2) is 22.6 Å². The van der Waals surface area contributed by atoms with Crippen molar-refractivity contribution in [1.82, 2.24) is 10.4 Å². The Labute approximate surface area is 142 Å². The molecule has 1 amide bonds. The predicted octanol–water partition coefficient (Wildman–Crippen LogP) is 4.61. The van der Waals surface area contributed by atoms with Crippen molar-refractivity contribution in [2.24, 2.45) is 0 Å². The number of fused-ring (bicyclic) bond motifs is 1. The highest BCUT2D eigenvalue weighted by Gasteiger charge is 2.53. The molecular formula is C17H16ClF3N2O. The van der Waals surface area contributed by atoms with Crippen molar-refractivity contribution in [2.45, 2.75) is 38.0 Å². The Kier molecular flexibility index (Phi) is 4.00. The third kappa shape index (κ3) is 2.84. The van der Waals surface area contributed by atoms with Crippen LogP contribution in [0.15, 0.2) is 36.4 Å². The average molecular weight is 357 g/mol. The Morgan fingerprint density at radius 3 is 2.38 bits per heavy atom. The predicted molar refractivity (Wildman–Crippen MR) is 86.4 cm³/mol. The van der Waals surface area contributed by atoms with Crippen molar-refractivity contribution in [3.8, 4) is 0 Å². The normalized spacial score (nSPS) is 19.5. The van der Waals surface area contributed by atoms with Crippen LogP contribution in [0.5, 0.6) is 0 Å². The summed E-state index contributed by atoms with van der Waals surface area (Å²) in [6, 6.07) is 7.68. The summed E-state index contributed by atoms with van der Waals surface area (Å²) in [5.41, 5.74) is 1.42. The minimum Gasteiger partial charge on any atom is -0.287 e. The SMILES string of the molecule is CC1(C)CC(=O)NN1[C@@H](c1cccc2cccc(Cl)c12)C(F)(F)F. The smallest absolute Gasteiger partial charge is 0.287 e. The number of benzene rings is 2. The molecule has 0 aromatic heterocycles. The van der Waals surface area contributed by atoms with Gasteiger partial charge >= 0.3 is 6.18 Å². The van der Waals surface area contributed by atoms with E-state index in [9.17, 15) is 18.0 Å². The van der Waals surface area contributed by atoms with Crippen LogP contribution in [0.4, 0.5) is 13.2 Å². The zero-order valence-corrected chi connectivity index (χ0v) is 13.9. The van der Waals surface area contributed by atoms with Gasteiger partial charge in [-0.1, -0.05) is 41.9 Å². The molecule has 1 saturated heterocycles. The van der Waals surface area contributed by atoms with E-state index in [2.05, 4.69) is 5.43 Å². The van der Waals surface area contributed by atoms with Gasteiger partial charge < -0.3 is 0 Å². The van der Waals surface area contributed by atoms with Crippen molar-refractivity contribution >= 4 is 28.3 Å². The van der Waals surface area contributed by atoms with Gasteiger partial charge in [-0.25, -0.2) is 0 Å². The second-order valence-corrected chi connectivity index (χ2v) is 6.93. The van der Waals surface area contributed by atoms with E-state index in [-0.39, 0.29) is 17.0 Å². The number of carbonyl (C=O) groups is 1. The Morgan fingerprint density at radius 1 is 1.21 bits per heavy atom. The first kappa shape index (κ1) is 17.0. The first-order valence-corrected chi connectivity index (χ1v) is 7.82. The maximum Gasteiger partial charge on any atom is 0.409 e. The van der Waals surface area contributed by atoms with E-state index in [1.165, 1.54) is 6.07 Å². The number of halogens is 4. The fourth-order valence-corrected chi connectivity index (χ4v) is 3.52. The summed E-state index contributed by atoms with van der Waals surface area (Å²) in [7, 11) is 0. The summed E-state index contributed by atoms with van der Waals surface area (Å²) in [5.74, 6) is -0.430. The first-order chi connectivity index (χ1) is 11.1. The van der Waals surface area contributed by atoms with Crippen molar-refractivity contribution in [3.05, 3.63) is 47.0 Å². The Bertz CT molecular complexity index is 799. The molecule has 0 radical (unpaired) electrons. The lowest BCUT2D eigenvalue weighted by atomic mass is 9.94. The summed E-state index contributed by atoms with van der Waals surface area (Å²) < 4.78 is 41.9. The van der Waals surface area contributed by atoms with Crippen molar-refractivity contribution in [1.29, 1.82) is 0 Å². The van der Waals surface area contributed by atoms with Crippen LogP contribution in [0.3, 0.4) is 0 Å². The van der Waals surface area contributed by atoms with Gasteiger partial charge in [0.05, 0.1) is 0 Å². The molecule has 0 aliphatic carbocycles. The zero-order chi connectivity index (χ0) is 17.7. The maximum absolute atomic E-state index is 14.0. The van der Waals surface area contributed by atoms with Gasteiger partial charge in [-0.05, 0) is 30.9 Å². The molecule has 7 heteroatoms. The van der Waals surface area contributed by atoms with Gasteiger partial charge in [0.25, 0.3) is 0 Å². The lowest BCUT2D eigenvalue weighted by Crippen LogP contribution is -2.51. The van der Waals surface area contributed by atoms with Gasteiger partial charge in [-0.15, -0.1) is 0 Å². The molecular weight excluding hydrogens is 341 g/mol. The van der Waals surface area contributed by atoms with Gasteiger partial charge in [0.1, 0.15) is 0 Å². The maximum atomic E-state index is 14.0. The molecule has 2 aromatic carbocycles. The number of amides is 1. The number of rotatable bonds is 2. The topological polar surface area (TPSA) is 32.3 Å². The summed E-state index contributed by atoms with van der Waals surface area (Å²) in [4.78, 5) is 11.7. The minimum atomic E-state index is -4.58. The monoisotopic (exact) mass is 356 g/mol. The highest BCUT2D eigenvalue weighted by atomic mass is 35.5. The molecule has 3 nitrogen and oxygen atoms in total. The largest absolute Gasteiger partial charge is 0.409 e. The van der Waals surface area contributed by atoms with E-state index in [0.717, 1.165) is 5.01 Å². The molecule has 1 N–H and O–H groups in total. The van der Waals surface area contributed by atoms with Gasteiger partial charge in [-0.3, -0.25) is 10.2 Å². The van der Waals surface area contributed by atoms with Crippen LogP contribution in [0.2, 0.25) is 5.02 Å². The quantitative estimate of drug-likeness (QED) is 0.852. The second-order valence-electron chi connectivity index (χ2n) is 6.52. The molecule has 0 spiro atoms. The molecule has 1 fully saturated rings. The summed E-state index contributed by atoms with van der Waals surface area (Å²) >= 11 is 6.19. The van der Waals surface area contributed by atoms with Crippen molar-refractivity contribution in [3.63, 3.8) is 0 Å². The highest BCUT2D eigenvalue weighted by molar-refractivity contribution is 6.35. The van der Waals surface area contributed by atoms with Gasteiger partial charge in [0, 0.05) is 22.4 Å². The molecule has 24 heavy (non-hydrogen) atoms. The number of nitrogens with zero attached hydrogens (tertiary/aromatic N) is 1. The third-order valence-electron chi connectivity index (χ3n) is 4.24. The fourth-order valence-electron chi connectivity index (χ4n) is 3.23. The van der Waals surface area contributed by atoms with Gasteiger partial charge in [0.15, 0.2) is 6.04 Å². The van der Waals surface area contributed by atoms with E-state index in [0.29, 0.717) is 10.8 Å². The van der Waals surface area contributed by atoms with Gasteiger partial charge in [-0.2, -0.15) is 18.2 Å². The molecule has 0 bridgehead atoms. The molecule has 2 aromatic rings. The van der Waals surface area contributed by atoms with E-state index in [1.807, 2.05) is 0 Å². The number of alkyl halides is 3. The van der Waals surface area contributed by atoms with Crippen LogP contribution in [-0.2, 0) is 4.79 Å². The summed E-state index contributed by atoms with van der Waals surface area (Å²) in [5, 5.41) is 2.21. The van der Waals surface area contributed by atoms with E-state index in [4.69, 9.17) is 11.6 Å². The summed E-state index contributed by atoms with van der Waals surface area (Å²) in [6.07, 6.45) is -4.58. The van der Waals surface area contributed by atoms with Crippen LogP contribution < -0.4 is 5.43 Å². The molecule has 1 aliphatic heterocycles. The van der Waals surface area contributed by atoms with E-state index < -0.39 is 23.7 Å². The first-order valence-electron chi connectivity index (χ1n) is 7.44. The molecule has 1 aliphatic rings. The molecule has 1 heterocycles. The number of hydrogen-bond donors (Lipinski definition) is 1. The second kappa shape index (κ2) is 5.63. The number of hydrazine groups is 1. The van der Waals surface area contributed by atoms with Crippen LogP contribution >= 0.6 is 11.6 Å². The van der Waals surface area contributed by atoms with E-state index in [1.54, 1.807) is 44.2 Å². The number of nitrogens with one attached hydrogen (secondary N) is 1. The minimum absolute atomic E-state index is 0.00191. The fraction of sp³-hybridized carbons (Fsp3) is 0.353. The lowest BCUT2D eigenvalue weighted by Gasteiger charge is -2.38. The molecule has 1 atom stereocenters. The van der Waals surface area contributed by atoms with Crippen LogP contribution in [0, 0.1) is 0 Å². The van der Waals surface area contributed by atoms with E-state index >= 15 is 0 Å². The van der Waals surface area contributed by atoms with Crippen molar-refractivity contribution in [2.75, 3.05) is 0 Å². The summed E-state index contributed by atoms with van der Waals surface area (Å²) in [6.45, 7) is 3.22. The standard InChI is InChI=1S/C17H16ClF3N2O/c1-16(2)9-13(24)22-23(16)15(17(19,20)21)11-7-3-5-10-6-4-8-12(18)14(10)11/h3-8,15H,9H2,1-2H3,(H,22,24)/t15-/m0/s1. The highest BCUT2D eigenvalue weighted by Crippen LogP contribution is 2.45. The molecule has 128 valence electrons. The van der Waals surface area contributed by atoms with Crippen molar-refractivity contribution < 1.29 is 18.0 Å². The number of carbonyl (C=O) groups excluding carboxylic acids is 1. The molecule has 0 unspecified atom stereocenters. The Hall–Kier alpha value is -1.79. The Morgan fingerprint density at radius 2 is 1.83 bits per heavy atom. The number of hydrogen-bond acceptors (Lipinski definition) is 2. The zero-order valence-electron chi connectivity index (χ0n) is 13.1. The average Bonchev–Trinajstić information content (AvgIpc) is 2.70. The third-order valence-corrected chi connectivity index (χ3v) is 4.55. The molecule has 0 saturated carbocycles. The van der Waals surface area contributed by atoms with Crippen LogP contribution in [0.1, 0.15) is 31.9 Å². The van der Waals surface area contributed by atoms with Crippen LogP contribution in [0.25, 0.3) is 10.8 Å². The molecule has 3 rings (SSSR count). The Balaban J connectivity index is 2.24. The lowest BCUT2D eigenvalue weighted by molar-refractivity contribution is -0.203.